The summed E-state index contributed by atoms with van der Waals surface area (Å²) in [6, 6.07) is 13.3. The lowest BCUT2D eigenvalue weighted by atomic mass is 9.98. The zero-order chi connectivity index (χ0) is 24.5. The van der Waals surface area contributed by atoms with E-state index in [4.69, 9.17) is 9.84 Å². The molecule has 3 N–H and O–H groups in total. The summed E-state index contributed by atoms with van der Waals surface area (Å²) >= 11 is 0. The molecule has 0 aromatic heterocycles. The third-order valence-electron chi connectivity index (χ3n) is 6.20. The number of alkyl halides is 3. The van der Waals surface area contributed by atoms with E-state index in [0.29, 0.717) is 6.42 Å². The van der Waals surface area contributed by atoms with E-state index < -0.39 is 42.5 Å². The number of hydrogen-bond acceptors (Lipinski definition) is 4. The Hall–Kier alpha value is -3.56. The van der Waals surface area contributed by atoms with E-state index in [9.17, 15) is 27.6 Å². The first-order valence-corrected chi connectivity index (χ1v) is 10.8. The highest BCUT2D eigenvalue weighted by Gasteiger charge is 2.48. The number of halogens is 3. The second-order valence-corrected chi connectivity index (χ2v) is 8.51. The van der Waals surface area contributed by atoms with Crippen LogP contribution in [0.1, 0.15) is 29.9 Å². The predicted molar refractivity (Wildman–Crippen MR) is 115 cm³/mol. The van der Waals surface area contributed by atoms with Gasteiger partial charge in [0.2, 0.25) is 5.91 Å². The zero-order valence-electron chi connectivity index (χ0n) is 18.0. The molecule has 1 fully saturated rings. The van der Waals surface area contributed by atoms with Crippen LogP contribution in [0.3, 0.4) is 0 Å². The van der Waals surface area contributed by atoms with Gasteiger partial charge in [-0.1, -0.05) is 48.5 Å². The number of fused-ring (bicyclic) bond motifs is 3. The number of amides is 2. The van der Waals surface area contributed by atoms with Crippen LogP contribution in [0, 0.1) is 11.8 Å². The normalized spacial score (nSPS) is 19.5. The van der Waals surface area contributed by atoms with Crippen LogP contribution >= 0.6 is 0 Å². The van der Waals surface area contributed by atoms with Gasteiger partial charge in [0.25, 0.3) is 0 Å². The van der Waals surface area contributed by atoms with Crippen LogP contribution in [0.25, 0.3) is 11.1 Å². The molecular weight excluding hydrogens is 453 g/mol. The van der Waals surface area contributed by atoms with Crippen molar-refractivity contribution in [3.63, 3.8) is 0 Å². The molecule has 2 aliphatic rings. The second-order valence-electron chi connectivity index (χ2n) is 8.51. The van der Waals surface area contributed by atoms with Gasteiger partial charge in [0, 0.05) is 18.4 Å². The molecule has 3 atom stereocenters. The number of nitrogens with one attached hydrogen (secondary N) is 2. The number of carboxylic acid groups (broad SMARTS) is 1. The minimum absolute atomic E-state index is 0.0738. The molecule has 0 saturated heterocycles. The minimum atomic E-state index is -4.86. The molecule has 4 rings (SSSR count). The Morgan fingerprint density at radius 1 is 1.03 bits per heavy atom. The number of ether oxygens (including phenoxy) is 1. The van der Waals surface area contributed by atoms with E-state index in [0.717, 1.165) is 22.3 Å². The Balaban J connectivity index is 1.25. The topological polar surface area (TPSA) is 105 Å². The summed E-state index contributed by atoms with van der Waals surface area (Å²) in [4.78, 5) is 34.9. The van der Waals surface area contributed by atoms with E-state index in [1.165, 1.54) is 0 Å². The molecule has 2 aliphatic carbocycles. The molecule has 34 heavy (non-hydrogen) atoms. The van der Waals surface area contributed by atoms with Crippen LogP contribution in [-0.4, -0.2) is 48.4 Å². The summed E-state index contributed by atoms with van der Waals surface area (Å²) in [7, 11) is 0. The van der Waals surface area contributed by atoms with Crippen LogP contribution in [0.4, 0.5) is 18.0 Å². The van der Waals surface area contributed by atoms with Gasteiger partial charge in [-0.25, -0.2) is 4.79 Å². The molecule has 0 radical (unpaired) electrons. The molecule has 0 spiro atoms. The lowest BCUT2D eigenvalue weighted by Crippen LogP contribution is -2.47. The summed E-state index contributed by atoms with van der Waals surface area (Å²) < 4.78 is 44.2. The van der Waals surface area contributed by atoms with Crippen molar-refractivity contribution >= 4 is 18.0 Å². The molecule has 2 amide bonds. The van der Waals surface area contributed by atoms with E-state index in [2.05, 4.69) is 5.32 Å². The van der Waals surface area contributed by atoms with Gasteiger partial charge < -0.3 is 20.5 Å². The quantitative estimate of drug-likeness (QED) is 0.539. The molecule has 180 valence electrons. The fourth-order valence-electron chi connectivity index (χ4n) is 4.36. The molecule has 0 aliphatic heterocycles. The van der Waals surface area contributed by atoms with Crippen LogP contribution < -0.4 is 10.6 Å². The highest BCUT2D eigenvalue weighted by Crippen LogP contribution is 2.44. The monoisotopic (exact) mass is 476 g/mol. The van der Waals surface area contributed by atoms with E-state index in [1.807, 2.05) is 48.5 Å². The molecular formula is C24H23F3N2O5. The first-order chi connectivity index (χ1) is 16.1. The predicted octanol–water partition coefficient (Wildman–Crippen LogP) is 3.68. The van der Waals surface area contributed by atoms with E-state index in [-0.39, 0.29) is 25.0 Å². The lowest BCUT2D eigenvalue weighted by Gasteiger charge is -2.20. The van der Waals surface area contributed by atoms with Crippen LogP contribution in [0.2, 0.25) is 0 Å². The number of hydrogen-bond donors (Lipinski definition) is 3. The van der Waals surface area contributed by atoms with Crippen LogP contribution in [0.5, 0.6) is 0 Å². The SMILES string of the molecule is O=C(O)CC(NC(=O)[C@H]1C[C@H]1CNC(=O)OCC1c2ccccc2-c2ccccc21)C(F)(F)F. The third kappa shape index (κ3) is 5.16. The highest BCUT2D eigenvalue weighted by atomic mass is 19.4. The molecule has 10 heteroatoms. The van der Waals surface area contributed by atoms with Crippen molar-refractivity contribution in [3.8, 4) is 11.1 Å². The maximum absolute atomic E-state index is 12.9. The molecule has 0 bridgehead atoms. The molecule has 2 aromatic rings. The second kappa shape index (κ2) is 9.36. The fraction of sp³-hybridized carbons (Fsp3) is 0.375. The number of benzene rings is 2. The number of aliphatic carboxylic acids is 1. The number of carboxylic acids is 1. The number of rotatable bonds is 8. The molecule has 7 nitrogen and oxygen atoms in total. The van der Waals surface area contributed by atoms with Crippen LogP contribution in [0.15, 0.2) is 48.5 Å². The van der Waals surface area contributed by atoms with Crippen molar-refractivity contribution in [1.29, 1.82) is 0 Å². The molecule has 1 saturated carbocycles. The van der Waals surface area contributed by atoms with Crippen LogP contribution in [-0.2, 0) is 14.3 Å². The van der Waals surface area contributed by atoms with Crippen molar-refractivity contribution in [1.82, 2.24) is 10.6 Å². The Bertz CT molecular complexity index is 1060. The fourth-order valence-corrected chi connectivity index (χ4v) is 4.36. The van der Waals surface area contributed by atoms with Gasteiger partial charge in [0.1, 0.15) is 12.6 Å². The van der Waals surface area contributed by atoms with Gasteiger partial charge in [0.15, 0.2) is 0 Å². The van der Waals surface area contributed by atoms with Crippen molar-refractivity contribution in [2.75, 3.05) is 13.2 Å². The standard InChI is InChI=1S/C24H23F3N2O5/c25-24(26,27)20(10-21(30)31)29-22(32)18-9-13(18)11-28-23(33)34-12-19-16-7-3-1-5-14(16)15-6-2-4-8-17(15)19/h1-8,13,18-20H,9-12H2,(H,28,33)(H,29,32)(H,30,31)/t13-,18-,20?/m0/s1. The Morgan fingerprint density at radius 3 is 2.18 bits per heavy atom. The average molecular weight is 476 g/mol. The van der Waals surface area contributed by atoms with Gasteiger partial charge in [-0.2, -0.15) is 13.2 Å². The lowest BCUT2D eigenvalue weighted by molar-refractivity contribution is -0.170. The van der Waals surface area contributed by atoms with Gasteiger partial charge >= 0.3 is 18.2 Å². The van der Waals surface area contributed by atoms with Gasteiger partial charge in [0.05, 0.1) is 6.42 Å². The Kier molecular flexibility index (Phi) is 6.49. The molecule has 1 unspecified atom stereocenters. The maximum Gasteiger partial charge on any atom is 0.409 e. The average Bonchev–Trinajstić information content (AvgIpc) is 3.50. The van der Waals surface area contributed by atoms with Crippen molar-refractivity contribution in [2.24, 2.45) is 11.8 Å². The number of alkyl carbamates (subject to hydrolysis) is 1. The molecule has 2 aromatic carbocycles. The zero-order valence-corrected chi connectivity index (χ0v) is 18.0. The first-order valence-electron chi connectivity index (χ1n) is 10.8. The smallest absolute Gasteiger partial charge is 0.409 e. The third-order valence-corrected chi connectivity index (χ3v) is 6.20. The highest BCUT2D eigenvalue weighted by molar-refractivity contribution is 5.83. The maximum atomic E-state index is 12.9. The van der Waals surface area contributed by atoms with Crippen molar-refractivity contribution in [3.05, 3.63) is 59.7 Å². The van der Waals surface area contributed by atoms with Gasteiger partial charge in [-0.15, -0.1) is 0 Å². The summed E-state index contributed by atoms with van der Waals surface area (Å²) in [5.74, 6) is -3.69. The molecule has 0 heterocycles. The number of carbonyl (C=O) groups is 3. The summed E-state index contributed by atoms with van der Waals surface area (Å²) in [5, 5.41) is 13.0. The van der Waals surface area contributed by atoms with Gasteiger partial charge in [-0.05, 0) is 34.6 Å². The number of carbonyl (C=O) groups excluding carboxylic acids is 2. The van der Waals surface area contributed by atoms with E-state index >= 15 is 0 Å². The summed E-state index contributed by atoms with van der Waals surface area (Å²) in [5.41, 5.74) is 4.32. The first kappa shape index (κ1) is 23.6. The summed E-state index contributed by atoms with van der Waals surface area (Å²) in [6.07, 6.45) is -6.48. The Morgan fingerprint density at radius 2 is 1.62 bits per heavy atom. The largest absolute Gasteiger partial charge is 0.481 e. The summed E-state index contributed by atoms with van der Waals surface area (Å²) in [6.45, 7) is 0.196. The van der Waals surface area contributed by atoms with E-state index in [1.54, 1.807) is 5.32 Å². The van der Waals surface area contributed by atoms with Gasteiger partial charge in [-0.3, -0.25) is 9.59 Å². The van der Waals surface area contributed by atoms with Crippen molar-refractivity contribution < 1.29 is 37.4 Å². The Labute approximate surface area is 193 Å². The van der Waals surface area contributed by atoms with Crippen molar-refractivity contribution in [2.45, 2.75) is 31.0 Å². The minimum Gasteiger partial charge on any atom is -0.481 e.